The molecule has 0 fully saturated rings. The Morgan fingerprint density at radius 1 is 1.39 bits per heavy atom. The molecule has 2 unspecified atom stereocenters. The Balaban J connectivity index is 2.56. The Morgan fingerprint density at radius 2 is 2.00 bits per heavy atom. The van der Waals surface area contributed by atoms with Gasteiger partial charge in [-0.2, -0.15) is 0 Å². The van der Waals surface area contributed by atoms with Crippen LogP contribution in [0.15, 0.2) is 24.3 Å². The topological polar surface area (TPSA) is 66.4 Å². The molecule has 0 saturated heterocycles. The van der Waals surface area contributed by atoms with Crippen LogP contribution in [0, 0.1) is 0 Å². The first kappa shape index (κ1) is 14.9. The number of hydrogen-bond acceptors (Lipinski definition) is 3. The molecule has 1 aromatic rings. The predicted octanol–water partition coefficient (Wildman–Crippen LogP) is 1.17. The van der Waals surface area contributed by atoms with Crippen molar-refractivity contribution in [3.8, 4) is 0 Å². The summed E-state index contributed by atoms with van der Waals surface area (Å²) in [6, 6.07) is 7.47. The highest BCUT2D eigenvalue weighted by molar-refractivity contribution is 7.84. The molecular formula is C13H19NO3S. The van der Waals surface area contributed by atoms with Crippen LogP contribution >= 0.6 is 0 Å². The third kappa shape index (κ3) is 4.98. The Morgan fingerprint density at radius 3 is 2.56 bits per heavy atom. The second-order valence-corrected chi connectivity index (χ2v) is 6.08. The van der Waals surface area contributed by atoms with Gasteiger partial charge in [-0.1, -0.05) is 24.3 Å². The van der Waals surface area contributed by atoms with Crippen molar-refractivity contribution in [3.05, 3.63) is 35.4 Å². The van der Waals surface area contributed by atoms with Gasteiger partial charge in [0.1, 0.15) is 0 Å². The lowest BCUT2D eigenvalue weighted by molar-refractivity contribution is -0.136. The van der Waals surface area contributed by atoms with Crippen molar-refractivity contribution in [2.45, 2.75) is 25.1 Å². The van der Waals surface area contributed by atoms with Crippen LogP contribution in [0.2, 0.25) is 0 Å². The SMILES string of the molecule is CC(CNCc1ccccc1CC(=O)O)S(C)=O. The van der Waals surface area contributed by atoms with Gasteiger partial charge in [-0.15, -0.1) is 0 Å². The minimum atomic E-state index is -0.839. The van der Waals surface area contributed by atoms with Crippen molar-refractivity contribution in [2.24, 2.45) is 0 Å². The minimum absolute atomic E-state index is 0.0348. The second kappa shape index (κ2) is 7.28. The zero-order valence-electron chi connectivity index (χ0n) is 10.7. The molecule has 0 radical (unpaired) electrons. The van der Waals surface area contributed by atoms with Crippen LogP contribution in [0.4, 0.5) is 0 Å². The van der Waals surface area contributed by atoms with E-state index in [1.54, 1.807) is 6.26 Å². The molecule has 0 spiro atoms. The molecule has 1 aromatic carbocycles. The number of nitrogens with one attached hydrogen (secondary N) is 1. The number of carboxylic acids is 1. The van der Waals surface area contributed by atoms with E-state index < -0.39 is 16.8 Å². The Labute approximate surface area is 110 Å². The van der Waals surface area contributed by atoms with Crippen molar-refractivity contribution in [3.63, 3.8) is 0 Å². The van der Waals surface area contributed by atoms with Gasteiger partial charge in [-0.25, -0.2) is 0 Å². The van der Waals surface area contributed by atoms with Crippen LogP contribution in [0.25, 0.3) is 0 Å². The average Bonchev–Trinajstić information content (AvgIpc) is 2.30. The van der Waals surface area contributed by atoms with E-state index in [2.05, 4.69) is 5.32 Å². The summed E-state index contributed by atoms with van der Waals surface area (Å²) in [6.45, 7) is 3.18. The monoisotopic (exact) mass is 269 g/mol. The maximum Gasteiger partial charge on any atom is 0.307 e. The van der Waals surface area contributed by atoms with Gasteiger partial charge in [0.05, 0.1) is 6.42 Å². The Hall–Kier alpha value is -1.20. The summed E-state index contributed by atoms with van der Waals surface area (Å²) >= 11 is 0. The third-order valence-electron chi connectivity index (χ3n) is 2.77. The van der Waals surface area contributed by atoms with E-state index in [9.17, 15) is 9.00 Å². The van der Waals surface area contributed by atoms with Crippen molar-refractivity contribution in [1.29, 1.82) is 0 Å². The van der Waals surface area contributed by atoms with Gasteiger partial charge in [-0.3, -0.25) is 9.00 Å². The molecule has 0 aliphatic carbocycles. The molecule has 2 atom stereocenters. The smallest absolute Gasteiger partial charge is 0.307 e. The first-order valence-electron chi connectivity index (χ1n) is 5.82. The minimum Gasteiger partial charge on any atom is -0.481 e. The molecule has 0 aromatic heterocycles. The number of rotatable bonds is 7. The normalized spacial score (nSPS) is 14.1. The van der Waals surface area contributed by atoms with Crippen LogP contribution in [0.5, 0.6) is 0 Å². The van der Waals surface area contributed by atoms with E-state index in [1.165, 1.54) is 0 Å². The van der Waals surface area contributed by atoms with E-state index in [1.807, 2.05) is 31.2 Å². The molecule has 0 aliphatic rings. The standard InChI is InChI=1S/C13H19NO3S/c1-10(18(2)17)8-14-9-12-6-4-3-5-11(12)7-13(15)16/h3-6,10,14H,7-9H2,1-2H3,(H,15,16). The molecule has 0 heterocycles. The van der Waals surface area contributed by atoms with Crippen LogP contribution in [0.1, 0.15) is 18.1 Å². The highest BCUT2D eigenvalue weighted by Gasteiger charge is 2.08. The molecule has 0 aliphatic heterocycles. The summed E-state index contributed by atoms with van der Waals surface area (Å²) in [4.78, 5) is 10.7. The van der Waals surface area contributed by atoms with Crippen molar-refractivity contribution >= 4 is 16.8 Å². The number of hydrogen-bond donors (Lipinski definition) is 2. The van der Waals surface area contributed by atoms with Crippen molar-refractivity contribution in [2.75, 3.05) is 12.8 Å². The third-order valence-corrected chi connectivity index (χ3v) is 4.07. The van der Waals surface area contributed by atoms with Gasteiger partial charge >= 0.3 is 5.97 Å². The molecule has 1 rings (SSSR count). The molecule has 0 amide bonds. The van der Waals surface area contributed by atoms with Crippen LogP contribution in [0.3, 0.4) is 0 Å². The molecule has 0 bridgehead atoms. The number of carbonyl (C=O) groups is 1. The largest absolute Gasteiger partial charge is 0.481 e. The van der Waals surface area contributed by atoms with Gasteiger partial charge in [0.25, 0.3) is 0 Å². The van der Waals surface area contributed by atoms with Crippen LogP contribution in [-0.4, -0.2) is 33.3 Å². The predicted molar refractivity (Wildman–Crippen MR) is 73.0 cm³/mol. The molecule has 5 heteroatoms. The van der Waals surface area contributed by atoms with Gasteiger partial charge in [0, 0.05) is 35.4 Å². The maximum absolute atomic E-state index is 11.2. The highest BCUT2D eigenvalue weighted by atomic mass is 32.2. The lowest BCUT2D eigenvalue weighted by Gasteiger charge is -2.12. The average molecular weight is 269 g/mol. The van der Waals surface area contributed by atoms with Gasteiger partial charge in [0.2, 0.25) is 0 Å². The quantitative estimate of drug-likeness (QED) is 0.780. The fraction of sp³-hybridized carbons (Fsp3) is 0.462. The highest BCUT2D eigenvalue weighted by Crippen LogP contribution is 2.09. The summed E-state index contributed by atoms with van der Waals surface area (Å²) in [7, 11) is -0.839. The maximum atomic E-state index is 11.2. The van der Waals surface area contributed by atoms with E-state index >= 15 is 0 Å². The van der Waals surface area contributed by atoms with Gasteiger partial charge in [0.15, 0.2) is 0 Å². The first-order chi connectivity index (χ1) is 8.50. The molecule has 100 valence electrons. The van der Waals surface area contributed by atoms with E-state index in [0.717, 1.165) is 11.1 Å². The summed E-state index contributed by atoms with van der Waals surface area (Å²) in [5.41, 5.74) is 1.80. The molecule has 0 saturated carbocycles. The van der Waals surface area contributed by atoms with Gasteiger partial charge < -0.3 is 10.4 Å². The molecule has 2 N–H and O–H groups in total. The fourth-order valence-corrected chi connectivity index (χ4v) is 1.95. The lowest BCUT2D eigenvalue weighted by Crippen LogP contribution is -2.27. The fourth-order valence-electron chi connectivity index (χ4n) is 1.59. The Bertz CT molecular complexity index is 434. The van der Waals surface area contributed by atoms with Crippen LogP contribution in [-0.2, 0) is 28.6 Å². The van der Waals surface area contributed by atoms with E-state index in [-0.39, 0.29) is 11.7 Å². The summed E-state index contributed by atoms with van der Waals surface area (Å²) < 4.78 is 11.2. The van der Waals surface area contributed by atoms with Crippen LogP contribution < -0.4 is 5.32 Å². The molecule has 18 heavy (non-hydrogen) atoms. The Kier molecular flexibility index (Phi) is 6.01. The van der Waals surface area contributed by atoms with Crippen molar-refractivity contribution in [1.82, 2.24) is 5.32 Å². The van der Waals surface area contributed by atoms with Crippen molar-refractivity contribution < 1.29 is 14.1 Å². The molecule has 4 nitrogen and oxygen atoms in total. The summed E-state index contributed by atoms with van der Waals surface area (Å²) in [5.74, 6) is -0.828. The lowest BCUT2D eigenvalue weighted by atomic mass is 10.0. The van der Waals surface area contributed by atoms with E-state index in [0.29, 0.717) is 13.1 Å². The number of carboxylic acid groups (broad SMARTS) is 1. The zero-order chi connectivity index (χ0) is 13.5. The second-order valence-electron chi connectivity index (χ2n) is 4.28. The summed E-state index contributed by atoms with van der Waals surface area (Å²) in [5, 5.41) is 12.1. The number of aliphatic carboxylic acids is 1. The van der Waals surface area contributed by atoms with Gasteiger partial charge in [-0.05, 0) is 18.1 Å². The van der Waals surface area contributed by atoms with E-state index in [4.69, 9.17) is 5.11 Å². The summed E-state index contributed by atoms with van der Waals surface area (Å²) in [6.07, 6.45) is 1.72. The zero-order valence-corrected chi connectivity index (χ0v) is 11.5. The molecular weight excluding hydrogens is 250 g/mol. The first-order valence-corrected chi connectivity index (χ1v) is 7.44. The number of benzene rings is 1.